The van der Waals surface area contributed by atoms with Gasteiger partial charge in [0.1, 0.15) is 34.6 Å². The molecule has 2 N–H and O–H groups in total. The predicted octanol–water partition coefficient (Wildman–Crippen LogP) is 6.13. The number of piperazine rings is 1. The van der Waals surface area contributed by atoms with Crippen molar-refractivity contribution in [3.8, 4) is 17.1 Å². The maximum Gasteiger partial charge on any atom is 0.431 e. The summed E-state index contributed by atoms with van der Waals surface area (Å²) in [5, 5.41) is -0.260. The van der Waals surface area contributed by atoms with Crippen LogP contribution in [0.15, 0.2) is 40.2 Å². The number of ether oxygens (including phenoxy) is 2. The number of carbonyl (C=O) groups is 1. The Kier molecular flexibility index (Phi) is 9.24. The number of nitrogens with two attached hydrogens (primary N) is 1. The van der Waals surface area contributed by atoms with Crippen molar-refractivity contribution in [1.29, 1.82) is 0 Å². The highest BCUT2D eigenvalue weighted by Gasteiger charge is 2.42. The number of fused-ring (bicyclic) bond motifs is 5. The number of nitrogen functional groups attached to an aromatic ring is 1. The fourth-order valence-electron chi connectivity index (χ4n) is 6.92. The van der Waals surface area contributed by atoms with Crippen LogP contribution in [-0.4, -0.2) is 68.0 Å². The van der Waals surface area contributed by atoms with Crippen molar-refractivity contribution >= 4 is 28.4 Å². The van der Waals surface area contributed by atoms with E-state index < -0.39 is 63.4 Å². The minimum absolute atomic E-state index is 0.0224. The minimum Gasteiger partial charge on any atom is -0.486 e. The molecule has 0 saturated carbocycles. The Bertz CT molecular complexity index is 2140. The van der Waals surface area contributed by atoms with Gasteiger partial charge in [-0.05, 0) is 50.8 Å². The summed E-state index contributed by atoms with van der Waals surface area (Å²) < 4.78 is 73.9. The van der Waals surface area contributed by atoms with Crippen molar-refractivity contribution in [2.45, 2.75) is 84.5 Å². The number of para-hydroxylation sites is 1. The summed E-state index contributed by atoms with van der Waals surface area (Å²) in [6, 6.07) is 3.49. The number of halogens is 4. The van der Waals surface area contributed by atoms with Gasteiger partial charge >= 0.3 is 12.3 Å². The van der Waals surface area contributed by atoms with Gasteiger partial charge in [0.05, 0.1) is 41.1 Å². The molecule has 16 heteroatoms. The highest BCUT2D eigenvalue weighted by atomic mass is 19.4. The van der Waals surface area contributed by atoms with Gasteiger partial charge in [0, 0.05) is 31.4 Å². The van der Waals surface area contributed by atoms with Crippen LogP contribution in [0.5, 0.6) is 5.75 Å². The summed E-state index contributed by atoms with van der Waals surface area (Å²) >= 11 is 0. The molecule has 2 aliphatic heterocycles. The second-order valence-corrected chi connectivity index (χ2v) is 14.6. The zero-order valence-corrected chi connectivity index (χ0v) is 30.0. The molecule has 278 valence electrons. The van der Waals surface area contributed by atoms with Crippen molar-refractivity contribution in [2.24, 2.45) is 0 Å². The van der Waals surface area contributed by atoms with Gasteiger partial charge in [-0.1, -0.05) is 33.8 Å². The Balaban J connectivity index is 1.77. The minimum atomic E-state index is -5.20. The van der Waals surface area contributed by atoms with Gasteiger partial charge in [-0.3, -0.25) is 18.7 Å². The fraction of sp³-hybridized carbons (Fsp3) is 0.472. The van der Waals surface area contributed by atoms with E-state index in [-0.39, 0.29) is 71.6 Å². The molecule has 5 heterocycles. The number of nitrogens with zero attached hydrogens (tertiary/aromatic N) is 6. The lowest BCUT2D eigenvalue weighted by Gasteiger charge is -2.42. The lowest BCUT2D eigenvalue weighted by molar-refractivity contribution is -0.142. The molecular weight excluding hydrogens is 686 g/mol. The maximum atomic E-state index is 15.5. The number of alkyl halides is 3. The van der Waals surface area contributed by atoms with Crippen LogP contribution in [0.25, 0.3) is 22.3 Å². The largest absolute Gasteiger partial charge is 0.486 e. The van der Waals surface area contributed by atoms with Crippen LogP contribution in [0.1, 0.15) is 83.8 Å². The lowest BCUT2D eigenvalue weighted by atomic mass is 10.00. The molecule has 0 aliphatic carbocycles. The first-order valence-electron chi connectivity index (χ1n) is 17.0. The molecule has 3 aromatic heterocycles. The number of benzene rings is 1. The quantitative estimate of drug-likeness (QED) is 0.195. The van der Waals surface area contributed by atoms with Crippen molar-refractivity contribution in [2.75, 3.05) is 36.9 Å². The third kappa shape index (κ3) is 6.32. The Labute approximate surface area is 296 Å². The molecule has 0 spiro atoms. The molecule has 1 atom stereocenters. The lowest BCUT2D eigenvalue weighted by Crippen LogP contribution is -2.55. The first-order chi connectivity index (χ1) is 24.3. The van der Waals surface area contributed by atoms with E-state index in [0.717, 1.165) is 16.7 Å². The number of amides is 1. The zero-order chi connectivity index (χ0) is 38.0. The van der Waals surface area contributed by atoms with Crippen LogP contribution in [-0.2, 0) is 10.9 Å². The molecule has 1 fully saturated rings. The summed E-state index contributed by atoms with van der Waals surface area (Å²) in [6.07, 6.45) is -4.14. The average Bonchev–Trinajstić information content (AvgIpc) is 3.24. The molecule has 0 radical (unpaired) electrons. The third-order valence-electron chi connectivity index (χ3n) is 9.12. The van der Waals surface area contributed by atoms with Gasteiger partial charge in [-0.25, -0.2) is 19.2 Å². The topological polar surface area (TPSA) is 138 Å². The highest BCUT2D eigenvalue weighted by molar-refractivity contribution is 5.97. The third-order valence-corrected chi connectivity index (χ3v) is 9.12. The smallest absolute Gasteiger partial charge is 0.431 e. The Hall–Kier alpha value is -5.15. The van der Waals surface area contributed by atoms with Crippen LogP contribution in [0.2, 0.25) is 0 Å². The van der Waals surface area contributed by atoms with Gasteiger partial charge in [-0.15, -0.1) is 0 Å². The second-order valence-electron chi connectivity index (χ2n) is 14.6. The number of carbonyl (C=O) groups excluding carboxylic acids is 1. The Morgan fingerprint density at radius 1 is 0.962 bits per heavy atom. The molecule has 6 rings (SSSR count). The SMILES string of the molecule is CC(C)c1ncnc(C(C)C)c1-n1c(=O)c2c(c3cc(C(F)(F)F)n(-c4c(N)cccc4F)c(=O)c31)N1CCN(C(=O)OC(C)(C)C)C[C@@H]1CCO2. The predicted molar refractivity (Wildman–Crippen MR) is 187 cm³/mol. The van der Waals surface area contributed by atoms with Crippen LogP contribution in [0.4, 0.5) is 33.7 Å². The molecule has 1 amide bonds. The van der Waals surface area contributed by atoms with E-state index in [9.17, 15) is 14.4 Å². The fourth-order valence-corrected chi connectivity index (χ4v) is 6.92. The summed E-state index contributed by atoms with van der Waals surface area (Å²) in [5.74, 6) is -2.11. The molecule has 4 aromatic rings. The molecule has 0 bridgehead atoms. The van der Waals surface area contributed by atoms with Crippen LogP contribution in [0, 0.1) is 5.82 Å². The van der Waals surface area contributed by atoms with Gasteiger partial charge in [0.15, 0.2) is 0 Å². The Morgan fingerprint density at radius 3 is 2.19 bits per heavy atom. The maximum absolute atomic E-state index is 15.5. The van der Waals surface area contributed by atoms with E-state index in [1.165, 1.54) is 23.4 Å². The van der Waals surface area contributed by atoms with Crippen molar-refractivity contribution < 1.29 is 31.8 Å². The zero-order valence-electron chi connectivity index (χ0n) is 30.0. The standard InChI is InChI=1S/C36H41F4N7O5/c1-18(2)25-30(26(19(3)4)43-17-42-25)47-28-21(15-24(36(38,39)40)46(32(28)48)29-22(37)9-8-10-23(29)41)27-31(33(47)49)51-14-11-20-16-44(12-13-45(20)27)34(50)52-35(5,6)7/h8-10,15,17-20H,11-14,16,41H2,1-7H3/t20-/m0/s1. The monoisotopic (exact) mass is 727 g/mol. The number of hydrogen-bond acceptors (Lipinski definition) is 9. The number of rotatable bonds is 4. The van der Waals surface area contributed by atoms with E-state index in [2.05, 4.69) is 9.97 Å². The highest BCUT2D eigenvalue weighted by Crippen LogP contribution is 2.43. The summed E-state index contributed by atoms with van der Waals surface area (Å²) in [6.45, 7) is 12.7. The number of hydrogen-bond donors (Lipinski definition) is 1. The van der Waals surface area contributed by atoms with Crippen LogP contribution in [0.3, 0.4) is 0 Å². The molecule has 1 saturated heterocycles. The number of pyridine rings is 2. The van der Waals surface area contributed by atoms with Crippen molar-refractivity contribution in [3.63, 3.8) is 0 Å². The molecule has 52 heavy (non-hydrogen) atoms. The Morgan fingerprint density at radius 2 is 1.62 bits per heavy atom. The summed E-state index contributed by atoms with van der Waals surface area (Å²) in [4.78, 5) is 55.1. The van der Waals surface area contributed by atoms with Gasteiger partial charge in [0.25, 0.3) is 11.1 Å². The van der Waals surface area contributed by atoms with Crippen LogP contribution < -0.4 is 26.5 Å². The van der Waals surface area contributed by atoms with Crippen molar-refractivity contribution in [1.82, 2.24) is 24.0 Å². The van der Waals surface area contributed by atoms with Crippen LogP contribution >= 0.6 is 0 Å². The first kappa shape index (κ1) is 36.6. The second kappa shape index (κ2) is 13.1. The molecular formula is C36H41F4N7O5. The van der Waals surface area contributed by atoms with E-state index in [4.69, 9.17) is 15.2 Å². The van der Waals surface area contributed by atoms with E-state index in [1.54, 1.807) is 25.7 Å². The van der Waals surface area contributed by atoms with Gasteiger partial charge < -0.3 is 25.0 Å². The first-order valence-corrected chi connectivity index (χ1v) is 17.0. The average molecular weight is 728 g/mol. The number of aromatic nitrogens is 4. The van der Waals surface area contributed by atoms with E-state index >= 15 is 17.6 Å². The van der Waals surface area contributed by atoms with Gasteiger partial charge in [-0.2, -0.15) is 13.2 Å². The van der Waals surface area contributed by atoms with Crippen molar-refractivity contribution in [3.05, 3.63) is 74.2 Å². The molecule has 2 aliphatic rings. The summed E-state index contributed by atoms with van der Waals surface area (Å²) in [5.41, 5.74) is 0.682. The van der Waals surface area contributed by atoms with Gasteiger partial charge in [0.2, 0.25) is 5.75 Å². The molecule has 12 nitrogen and oxygen atoms in total. The number of anilines is 2. The molecule has 1 aromatic carbocycles. The molecule has 0 unspecified atom stereocenters. The van der Waals surface area contributed by atoms with E-state index in [1.807, 2.05) is 27.7 Å². The normalized spacial score (nSPS) is 16.5. The summed E-state index contributed by atoms with van der Waals surface area (Å²) in [7, 11) is 0. The van der Waals surface area contributed by atoms with E-state index in [0.29, 0.717) is 11.4 Å².